The van der Waals surface area contributed by atoms with Crippen molar-refractivity contribution in [2.24, 2.45) is 11.8 Å². The summed E-state index contributed by atoms with van der Waals surface area (Å²) in [5, 5.41) is 6.21. The van der Waals surface area contributed by atoms with Crippen molar-refractivity contribution in [3.8, 4) is 10.6 Å². The van der Waals surface area contributed by atoms with Crippen LogP contribution in [0.2, 0.25) is 0 Å². The highest BCUT2D eigenvalue weighted by molar-refractivity contribution is 7.13. The highest BCUT2D eigenvalue weighted by Gasteiger charge is 2.32. The molecule has 1 aromatic heterocycles. The first-order valence-corrected chi connectivity index (χ1v) is 12.6. The highest BCUT2D eigenvalue weighted by atomic mass is 32.1. The second-order valence-electron chi connectivity index (χ2n) is 9.27. The number of thiazole rings is 1. The van der Waals surface area contributed by atoms with Gasteiger partial charge in [0.15, 0.2) is 0 Å². The summed E-state index contributed by atoms with van der Waals surface area (Å²) in [6, 6.07) is 16.1. The monoisotopic (exact) mass is 459 g/mol. The van der Waals surface area contributed by atoms with E-state index in [1.165, 1.54) is 0 Å². The predicted octanol–water partition coefficient (Wildman–Crippen LogP) is 5.20. The zero-order valence-corrected chi connectivity index (χ0v) is 19.7. The average molecular weight is 460 g/mol. The number of nitrogens with one attached hydrogen (secondary N) is 1. The fourth-order valence-corrected chi connectivity index (χ4v) is 5.81. The third-order valence-corrected chi connectivity index (χ3v) is 7.86. The third kappa shape index (κ3) is 4.86. The van der Waals surface area contributed by atoms with Crippen LogP contribution in [0.15, 0.2) is 53.9 Å². The standard InChI is InChI=1S/C27H29N3O2S/c1-18-17-33-26(29-18)22-7-4-5-20(13-22)14-28-25(31)21-11-9-19(10-12-21)15-30-16-23-6-2-3-8-24(23)27(30)32/h2-8,13,17,19,21H,9-12,14-16H2,1H3,(H,28,31). The van der Waals surface area contributed by atoms with E-state index in [9.17, 15) is 9.59 Å². The Morgan fingerprint density at radius 3 is 2.70 bits per heavy atom. The topological polar surface area (TPSA) is 62.3 Å². The number of aryl methyl sites for hydroxylation is 1. The molecule has 5 rings (SSSR count). The summed E-state index contributed by atoms with van der Waals surface area (Å²) in [5.74, 6) is 0.845. The van der Waals surface area contributed by atoms with Gasteiger partial charge in [0.2, 0.25) is 5.91 Å². The maximum absolute atomic E-state index is 12.8. The van der Waals surface area contributed by atoms with E-state index in [1.54, 1.807) is 11.3 Å². The molecule has 33 heavy (non-hydrogen) atoms. The van der Waals surface area contributed by atoms with Crippen LogP contribution in [0.1, 0.15) is 52.9 Å². The molecule has 2 aliphatic rings. The summed E-state index contributed by atoms with van der Waals surface area (Å²) in [7, 11) is 0. The van der Waals surface area contributed by atoms with Crippen molar-refractivity contribution in [2.75, 3.05) is 6.54 Å². The lowest BCUT2D eigenvalue weighted by molar-refractivity contribution is -0.126. The molecule has 1 aliphatic heterocycles. The third-order valence-electron chi connectivity index (χ3n) is 6.85. The Bertz CT molecular complexity index is 1160. The molecule has 1 fully saturated rings. The Morgan fingerprint density at radius 1 is 1.12 bits per heavy atom. The Kier molecular flexibility index (Phi) is 6.27. The van der Waals surface area contributed by atoms with Crippen molar-refractivity contribution in [1.82, 2.24) is 15.2 Å². The van der Waals surface area contributed by atoms with Crippen molar-refractivity contribution in [2.45, 2.75) is 45.7 Å². The lowest BCUT2D eigenvalue weighted by Gasteiger charge is -2.30. The molecule has 2 aromatic carbocycles. The van der Waals surface area contributed by atoms with Gasteiger partial charge in [-0.15, -0.1) is 11.3 Å². The van der Waals surface area contributed by atoms with E-state index in [2.05, 4.69) is 27.8 Å². The molecule has 0 unspecified atom stereocenters. The summed E-state index contributed by atoms with van der Waals surface area (Å²) < 4.78 is 0. The maximum atomic E-state index is 12.8. The Labute approximate surface area is 198 Å². The van der Waals surface area contributed by atoms with Crippen LogP contribution in [0.25, 0.3) is 10.6 Å². The molecule has 5 nitrogen and oxygen atoms in total. The van der Waals surface area contributed by atoms with E-state index < -0.39 is 0 Å². The van der Waals surface area contributed by atoms with Gasteiger partial charge in [0.25, 0.3) is 5.91 Å². The summed E-state index contributed by atoms with van der Waals surface area (Å²) in [5.41, 5.74) is 5.20. The molecule has 0 radical (unpaired) electrons. The molecule has 1 saturated carbocycles. The van der Waals surface area contributed by atoms with E-state index >= 15 is 0 Å². The number of fused-ring (bicyclic) bond motifs is 1. The minimum atomic E-state index is 0.0671. The number of carbonyl (C=O) groups is 2. The fourth-order valence-electron chi connectivity index (χ4n) is 5.02. The molecular weight excluding hydrogens is 430 g/mol. The van der Waals surface area contributed by atoms with E-state index in [0.717, 1.165) is 71.7 Å². The minimum Gasteiger partial charge on any atom is -0.352 e. The van der Waals surface area contributed by atoms with Gasteiger partial charge in [0.1, 0.15) is 5.01 Å². The largest absolute Gasteiger partial charge is 0.352 e. The fraction of sp³-hybridized carbons (Fsp3) is 0.370. The lowest BCUT2D eigenvalue weighted by Crippen LogP contribution is -2.36. The number of carbonyl (C=O) groups excluding carboxylic acids is 2. The maximum Gasteiger partial charge on any atom is 0.254 e. The van der Waals surface area contributed by atoms with Gasteiger partial charge in [-0.1, -0.05) is 36.4 Å². The average Bonchev–Trinajstić information content (AvgIpc) is 3.41. The van der Waals surface area contributed by atoms with Gasteiger partial charge >= 0.3 is 0 Å². The summed E-state index contributed by atoms with van der Waals surface area (Å²) in [6.07, 6.45) is 3.78. The number of aromatic nitrogens is 1. The Hall–Kier alpha value is -2.99. The number of rotatable bonds is 6. The van der Waals surface area contributed by atoms with E-state index in [4.69, 9.17) is 0 Å². The van der Waals surface area contributed by atoms with Crippen molar-refractivity contribution < 1.29 is 9.59 Å². The second-order valence-corrected chi connectivity index (χ2v) is 10.1. The molecule has 0 saturated heterocycles. The van der Waals surface area contributed by atoms with Crippen LogP contribution in [0.5, 0.6) is 0 Å². The van der Waals surface area contributed by atoms with E-state index in [0.29, 0.717) is 12.5 Å². The van der Waals surface area contributed by atoms with Crippen LogP contribution in [0, 0.1) is 18.8 Å². The number of hydrogen-bond acceptors (Lipinski definition) is 4. The van der Waals surface area contributed by atoms with Crippen molar-refractivity contribution >= 4 is 23.2 Å². The Morgan fingerprint density at radius 2 is 1.94 bits per heavy atom. The summed E-state index contributed by atoms with van der Waals surface area (Å²) in [6.45, 7) is 4.05. The van der Waals surface area contributed by atoms with Gasteiger partial charge in [-0.2, -0.15) is 0 Å². The molecule has 2 amide bonds. The van der Waals surface area contributed by atoms with Crippen LogP contribution in [-0.2, 0) is 17.9 Å². The molecule has 6 heteroatoms. The highest BCUT2D eigenvalue weighted by Crippen LogP contribution is 2.32. The SMILES string of the molecule is Cc1csc(-c2cccc(CNC(=O)C3CCC(CN4Cc5ccccc5C4=O)CC3)c2)n1. The molecular formula is C27H29N3O2S. The van der Waals surface area contributed by atoms with Gasteiger partial charge in [0.05, 0.1) is 0 Å². The second kappa shape index (κ2) is 9.48. The van der Waals surface area contributed by atoms with Crippen LogP contribution in [0.3, 0.4) is 0 Å². The quantitative estimate of drug-likeness (QED) is 0.551. The van der Waals surface area contributed by atoms with Crippen LogP contribution in [-0.4, -0.2) is 28.2 Å². The normalized spacial score (nSPS) is 20.0. The van der Waals surface area contributed by atoms with Gasteiger partial charge in [-0.25, -0.2) is 4.98 Å². The zero-order valence-electron chi connectivity index (χ0n) is 18.9. The molecule has 0 bridgehead atoms. The van der Waals surface area contributed by atoms with Gasteiger partial charge in [-0.05, 0) is 61.8 Å². The van der Waals surface area contributed by atoms with Gasteiger partial charge in [-0.3, -0.25) is 9.59 Å². The van der Waals surface area contributed by atoms with Crippen molar-refractivity contribution in [3.63, 3.8) is 0 Å². The van der Waals surface area contributed by atoms with Gasteiger partial charge in [0, 0.05) is 47.8 Å². The first-order valence-electron chi connectivity index (χ1n) is 11.7. The molecule has 3 aromatic rings. The molecule has 0 atom stereocenters. The molecule has 1 N–H and O–H groups in total. The van der Waals surface area contributed by atoms with Gasteiger partial charge < -0.3 is 10.2 Å². The number of benzene rings is 2. The molecule has 170 valence electrons. The lowest BCUT2D eigenvalue weighted by atomic mass is 9.81. The zero-order chi connectivity index (χ0) is 22.8. The predicted molar refractivity (Wildman–Crippen MR) is 131 cm³/mol. The molecule has 1 aliphatic carbocycles. The minimum absolute atomic E-state index is 0.0671. The van der Waals surface area contributed by atoms with Crippen molar-refractivity contribution in [3.05, 3.63) is 76.3 Å². The smallest absolute Gasteiger partial charge is 0.254 e. The van der Waals surface area contributed by atoms with Crippen molar-refractivity contribution in [1.29, 1.82) is 0 Å². The van der Waals surface area contributed by atoms with Crippen LogP contribution < -0.4 is 5.32 Å². The number of nitrogens with zero attached hydrogens (tertiary/aromatic N) is 2. The first-order chi connectivity index (χ1) is 16.1. The summed E-state index contributed by atoms with van der Waals surface area (Å²) >= 11 is 1.64. The number of hydrogen-bond donors (Lipinski definition) is 1. The van der Waals surface area contributed by atoms with E-state index in [-0.39, 0.29) is 17.7 Å². The molecule has 2 heterocycles. The Balaban J connectivity index is 1.10. The number of amides is 2. The summed E-state index contributed by atoms with van der Waals surface area (Å²) in [4.78, 5) is 32.0. The van der Waals surface area contributed by atoms with E-state index in [1.807, 2.05) is 48.2 Å². The first kappa shape index (κ1) is 21.8. The van der Waals surface area contributed by atoms with Crippen LogP contribution in [0.4, 0.5) is 0 Å². The van der Waals surface area contributed by atoms with Crippen LogP contribution >= 0.6 is 11.3 Å². The molecule has 0 spiro atoms.